The van der Waals surface area contributed by atoms with Crippen molar-refractivity contribution in [2.45, 2.75) is 18.7 Å². The number of fused-ring (bicyclic) bond motifs is 2. The Morgan fingerprint density at radius 2 is 1.40 bits per heavy atom. The summed E-state index contributed by atoms with van der Waals surface area (Å²) in [6, 6.07) is 11.5. The zero-order valence-corrected chi connectivity index (χ0v) is 25.4. The van der Waals surface area contributed by atoms with Gasteiger partial charge < -0.3 is 15.2 Å². The molecular weight excluding hydrogens is 593 g/mol. The molecule has 0 fully saturated rings. The average molecular weight is 609 g/mol. The Kier molecular flexibility index (Phi) is 8.40. The molecule has 40 heavy (non-hydrogen) atoms. The van der Waals surface area contributed by atoms with Crippen LogP contribution < -0.4 is 40.2 Å². The van der Waals surface area contributed by atoms with Gasteiger partial charge in [0, 0.05) is 28.1 Å². The Morgan fingerprint density at radius 3 is 2.00 bits per heavy atom. The van der Waals surface area contributed by atoms with E-state index in [0.29, 0.717) is 22.5 Å². The molecule has 0 atom stereocenters. The summed E-state index contributed by atoms with van der Waals surface area (Å²) in [6.07, 6.45) is 0. The number of nitrogens with zero attached hydrogens (tertiary/aromatic N) is 2. The smallest absolute Gasteiger partial charge is 0.744 e. The first-order valence-corrected chi connectivity index (χ1v) is 13.4. The molecule has 198 valence electrons. The molecule has 2 N–H and O–H groups in total. The maximum absolute atomic E-state index is 13.9. The zero-order chi connectivity index (χ0) is 28.2. The van der Waals surface area contributed by atoms with Gasteiger partial charge in [-0.05, 0) is 60.8 Å². The van der Waals surface area contributed by atoms with E-state index in [2.05, 4.69) is 20.6 Å². The van der Waals surface area contributed by atoms with Crippen molar-refractivity contribution in [1.82, 2.24) is 9.97 Å². The molecule has 4 aromatic rings. The molecule has 0 spiro atoms. The first-order chi connectivity index (χ1) is 18.3. The Balaban J connectivity index is 0.00000370. The molecule has 5 rings (SSSR count). The number of aryl methyl sites for hydroxylation is 2. The van der Waals surface area contributed by atoms with Gasteiger partial charge in [-0.3, -0.25) is 9.59 Å². The third-order valence-corrected chi connectivity index (χ3v) is 7.48. The predicted octanol–water partition coefficient (Wildman–Crippen LogP) is 2.71. The first-order valence-electron chi connectivity index (χ1n) is 11.2. The van der Waals surface area contributed by atoms with Crippen LogP contribution in [0.25, 0.3) is 0 Å². The fraction of sp³-hybridized carbons (Fsp3) is 0.0769. The number of halogens is 3. The fourth-order valence-corrected chi connectivity index (χ4v) is 5.09. The average Bonchev–Trinajstić information content (AvgIpc) is 2.87. The summed E-state index contributed by atoms with van der Waals surface area (Å²) in [5.74, 6) is -2.12. The van der Waals surface area contributed by atoms with E-state index in [1.165, 1.54) is 12.1 Å². The van der Waals surface area contributed by atoms with Crippen LogP contribution in [0.15, 0.2) is 53.4 Å². The second-order valence-corrected chi connectivity index (χ2v) is 10.8. The van der Waals surface area contributed by atoms with Crippen molar-refractivity contribution in [3.63, 3.8) is 0 Å². The topological polar surface area (TPSA) is 141 Å². The largest absolute Gasteiger partial charge is 1.00 e. The summed E-state index contributed by atoms with van der Waals surface area (Å²) in [4.78, 5) is 33.2. The summed E-state index contributed by atoms with van der Waals surface area (Å²) >= 11 is 11.7. The van der Waals surface area contributed by atoms with Gasteiger partial charge in [0.2, 0.25) is 11.2 Å². The molecule has 1 aliphatic rings. The van der Waals surface area contributed by atoms with E-state index in [9.17, 15) is 27.0 Å². The molecule has 0 radical (unpaired) electrons. The van der Waals surface area contributed by atoms with Crippen molar-refractivity contribution < 1.29 is 56.5 Å². The molecule has 1 heterocycles. The molecule has 0 saturated carbocycles. The monoisotopic (exact) mass is 608 g/mol. The summed E-state index contributed by atoms with van der Waals surface area (Å²) in [7, 11) is -4.97. The van der Waals surface area contributed by atoms with Crippen LogP contribution in [-0.4, -0.2) is 34.5 Å². The molecule has 1 aromatic heterocycles. The number of ketones is 2. The number of carbonyl (C=O) groups excluding carboxylic acids is 2. The fourth-order valence-electron chi connectivity index (χ4n) is 4.28. The van der Waals surface area contributed by atoms with E-state index < -0.39 is 32.5 Å². The van der Waals surface area contributed by atoms with Crippen LogP contribution in [0.1, 0.15) is 43.0 Å². The number of aromatic nitrogens is 2. The van der Waals surface area contributed by atoms with Crippen LogP contribution in [0.5, 0.6) is 0 Å². The van der Waals surface area contributed by atoms with Crippen molar-refractivity contribution in [3.8, 4) is 0 Å². The van der Waals surface area contributed by atoms with Crippen LogP contribution >= 0.6 is 23.2 Å². The first kappa shape index (κ1) is 30.1. The Morgan fingerprint density at radius 1 is 0.825 bits per heavy atom. The molecule has 9 nitrogen and oxygen atoms in total. The van der Waals surface area contributed by atoms with E-state index in [1.54, 1.807) is 38.1 Å². The van der Waals surface area contributed by atoms with Crippen molar-refractivity contribution >= 4 is 67.8 Å². The number of nitrogens with one attached hydrogen (secondary N) is 2. The summed E-state index contributed by atoms with van der Waals surface area (Å²) in [6.45, 7) is 3.43. The molecule has 1 aliphatic carbocycles. The number of rotatable bonds is 5. The zero-order valence-electron chi connectivity index (χ0n) is 21.1. The van der Waals surface area contributed by atoms with E-state index in [-0.39, 0.29) is 73.6 Å². The van der Waals surface area contributed by atoms with Crippen LogP contribution in [0.3, 0.4) is 0 Å². The van der Waals surface area contributed by atoms with E-state index >= 15 is 0 Å². The van der Waals surface area contributed by atoms with Gasteiger partial charge in [-0.1, -0.05) is 35.9 Å². The number of carbonyl (C=O) groups is 2. The molecule has 0 unspecified atom stereocenters. The van der Waals surface area contributed by atoms with Crippen LogP contribution in [0.4, 0.5) is 27.3 Å². The summed E-state index contributed by atoms with van der Waals surface area (Å²) in [5, 5.41) is 5.22. The second-order valence-electron chi connectivity index (χ2n) is 8.73. The van der Waals surface area contributed by atoms with Gasteiger partial charge in [-0.15, -0.1) is 0 Å². The van der Waals surface area contributed by atoms with Gasteiger partial charge in [0.25, 0.3) is 0 Å². The summed E-state index contributed by atoms with van der Waals surface area (Å²) < 4.78 is 49.7. The standard InChI is InChI=1S/C26H17Cl2FN4O5S.Na/c1-11-8-18(31-25-21(27)24(29)32-26(28)33-25)12(2)7-17(11)30-19-10-13(39(36,37)38)9-16-20(19)23(35)15-6-4-3-5-14(15)22(16)34;/h3-10,30H,1-2H3,(H,31,32,33)(H,36,37,38);/q;+1/p-1. The summed E-state index contributed by atoms with van der Waals surface area (Å²) in [5.41, 5.74) is 2.16. The molecule has 3 aromatic carbocycles. The Bertz CT molecular complexity index is 1850. The number of anilines is 4. The van der Waals surface area contributed by atoms with Crippen molar-refractivity contribution in [2.24, 2.45) is 0 Å². The van der Waals surface area contributed by atoms with E-state index in [0.717, 1.165) is 12.1 Å². The molecule has 0 bridgehead atoms. The normalized spacial score (nSPS) is 12.3. The molecule has 0 saturated heterocycles. The van der Waals surface area contributed by atoms with Gasteiger partial charge in [0.15, 0.2) is 17.4 Å². The maximum atomic E-state index is 13.9. The van der Waals surface area contributed by atoms with Gasteiger partial charge in [0.05, 0.1) is 16.1 Å². The second kappa shape index (κ2) is 11.2. The Labute approximate surface area is 260 Å². The third-order valence-electron chi connectivity index (χ3n) is 6.17. The van der Waals surface area contributed by atoms with Gasteiger partial charge in [0.1, 0.15) is 15.1 Å². The van der Waals surface area contributed by atoms with Crippen molar-refractivity contribution in [3.05, 3.63) is 98.2 Å². The van der Waals surface area contributed by atoms with Crippen LogP contribution in [0, 0.1) is 19.8 Å². The molecule has 14 heteroatoms. The number of hydrogen-bond donors (Lipinski definition) is 2. The van der Waals surface area contributed by atoms with E-state index in [4.69, 9.17) is 23.2 Å². The molecular formula is C26H16Cl2FN4NaO5S. The van der Waals surface area contributed by atoms with Gasteiger partial charge >= 0.3 is 29.6 Å². The number of benzene rings is 3. The SMILES string of the molecule is Cc1cc(Nc2nc(Cl)nc(F)c2Cl)c(C)cc1Nc1cc(S(=O)(=O)[O-])cc2c1C(=O)c1ccccc1C2=O.[Na+]. The van der Waals surface area contributed by atoms with E-state index in [1.807, 2.05) is 0 Å². The quantitative estimate of drug-likeness (QED) is 0.133. The molecule has 0 amide bonds. The van der Waals surface area contributed by atoms with Gasteiger partial charge in [-0.25, -0.2) is 8.42 Å². The van der Waals surface area contributed by atoms with Crippen LogP contribution in [-0.2, 0) is 10.1 Å². The van der Waals surface area contributed by atoms with Crippen molar-refractivity contribution in [1.29, 1.82) is 0 Å². The third kappa shape index (κ3) is 5.51. The predicted molar refractivity (Wildman–Crippen MR) is 142 cm³/mol. The molecule has 0 aliphatic heterocycles. The minimum atomic E-state index is -4.97. The van der Waals surface area contributed by atoms with Crippen LogP contribution in [0.2, 0.25) is 10.3 Å². The van der Waals surface area contributed by atoms with Crippen molar-refractivity contribution in [2.75, 3.05) is 10.6 Å². The van der Waals surface area contributed by atoms with Gasteiger partial charge in [-0.2, -0.15) is 14.4 Å². The number of hydrogen-bond acceptors (Lipinski definition) is 9. The Hall–Kier alpha value is -2.90. The minimum absolute atomic E-state index is 0. The minimum Gasteiger partial charge on any atom is -0.744 e. The maximum Gasteiger partial charge on any atom is 1.00 e.